The van der Waals surface area contributed by atoms with Crippen LogP contribution in [0.1, 0.15) is 5.56 Å². The van der Waals surface area contributed by atoms with Gasteiger partial charge in [0.1, 0.15) is 25.6 Å². The molecule has 0 atom stereocenters. The number of rotatable bonds is 8. The van der Waals surface area contributed by atoms with Gasteiger partial charge in [0, 0.05) is 30.4 Å². The molecule has 2 aromatic carbocycles. The molecule has 168 valence electrons. The van der Waals surface area contributed by atoms with E-state index in [0.717, 1.165) is 5.56 Å². The Morgan fingerprint density at radius 1 is 1.19 bits per heavy atom. The first-order chi connectivity index (χ1) is 15.6. The van der Waals surface area contributed by atoms with Gasteiger partial charge in [0.2, 0.25) is 11.8 Å². The van der Waals surface area contributed by atoms with Crippen LogP contribution in [-0.4, -0.2) is 62.7 Å². The van der Waals surface area contributed by atoms with E-state index in [-0.39, 0.29) is 24.9 Å². The summed E-state index contributed by atoms with van der Waals surface area (Å²) in [6.07, 6.45) is 1.68. The maximum Gasteiger partial charge on any atom is 0.241 e. The van der Waals surface area contributed by atoms with Crippen LogP contribution < -0.4 is 24.4 Å². The maximum atomic E-state index is 13.4. The number of fused-ring (bicyclic) bond motifs is 1. The highest BCUT2D eigenvalue weighted by Gasteiger charge is 2.25. The molecule has 32 heavy (non-hydrogen) atoms. The van der Waals surface area contributed by atoms with Crippen LogP contribution in [0, 0.1) is 0 Å². The maximum absolute atomic E-state index is 13.4. The second-order valence-electron chi connectivity index (χ2n) is 7.58. The molecule has 2 amide bonds. The number of hydrogen-bond acceptors (Lipinski definition) is 6. The van der Waals surface area contributed by atoms with Gasteiger partial charge in [-0.1, -0.05) is 30.9 Å². The summed E-state index contributed by atoms with van der Waals surface area (Å²) >= 11 is 0. The molecule has 1 fully saturated rings. The van der Waals surface area contributed by atoms with E-state index in [1.807, 2.05) is 47.4 Å². The van der Waals surface area contributed by atoms with Gasteiger partial charge in [-0.05, 0) is 18.2 Å². The second-order valence-corrected chi connectivity index (χ2v) is 7.58. The predicted octanol–water partition coefficient (Wildman–Crippen LogP) is 1.99. The Morgan fingerprint density at radius 2 is 2.00 bits per heavy atom. The van der Waals surface area contributed by atoms with Crippen molar-refractivity contribution in [1.29, 1.82) is 0 Å². The highest BCUT2D eigenvalue weighted by Crippen LogP contribution is 2.35. The van der Waals surface area contributed by atoms with E-state index < -0.39 is 0 Å². The van der Waals surface area contributed by atoms with Gasteiger partial charge in [-0.3, -0.25) is 14.5 Å². The van der Waals surface area contributed by atoms with Crippen LogP contribution in [0.5, 0.6) is 17.2 Å². The molecule has 2 aromatic rings. The fourth-order valence-corrected chi connectivity index (χ4v) is 3.72. The summed E-state index contributed by atoms with van der Waals surface area (Å²) in [5.74, 6) is 1.78. The number of carbonyl (C=O) groups excluding carboxylic acids is 2. The number of anilines is 1. The zero-order chi connectivity index (χ0) is 22.3. The van der Waals surface area contributed by atoms with Crippen molar-refractivity contribution in [2.75, 3.05) is 50.9 Å². The lowest BCUT2D eigenvalue weighted by Gasteiger charge is -2.30. The average molecular weight is 437 g/mol. The smallest absolute Gasteiger partial charge is 0.241 e. The quantitative estimate of drug-likeness (QED) is 0.637. The Bertz CT molecular complexity index is 993. The third-order valence-electron chi connectivity index (χ3n) is 5.27. The molecule has 2 aliphatic heterocycles. The molecule has 0 radical (unpaired) electrons. The molecular formula is C24H27N3O5. The van der Waals surface area contributed by atoms with E-state index in [2.05, 4.69) is 11.9 Å². The van der Waals surface area contributed by atoms with E-state index in [1.165, 1.54) is 0 Å². The number of amides is 2. The molecule has 4 rings (SSSR count). The van der Waals surface area contributed by atoms with E-state index in [0.29, 0.717) is 62.4 Å². The summed E-state index contributed by atoms with van der Waals surface area (Å²) < 4.78 is 17.1. The van der Waals surface area contributed by atoms with Gasteiger partial charge in [-0.25, -0.2) is 0 Å². The highest BCUT2D eigenvalue weighted by atomic mass is 16.6. The summed E-state index contributed by atoms with van der Waals surface area (Å²) in [4.78, 5) is 28.7. The van der Waals surface area contributed by atoms with E-state index >= 15 is 0 Å². The largest absolute Gasteiger partial charge is 0.489 e. The molecule has 1 saturated heterocycles. The Morgan fingerprint density at radius 3 is 2.81 bits per heavy atom. The average Bonchev–Trinajstić information content (AvgIpc) is 2.81. The molecule has 0 unspecified atom stereocenters. The monoisotopic (exact) mass is 437 g/mol. The van der Waals surface area contributed by atoms with Crippen LogP contribution in [-0.2, 0) is 16.1 Å². The normalized spacial score (nSPS) is 15.6. The standard InChI is InChI=1S/C24H27N3O5/c1-2-11-30-20-6-4-3-5-18(20)15-27(24(29)17-26-10-9-25-23(28)16-26)19-7-8-21-22(14-19)32-13-12-31-21/h2-8,14H,1,9-13,15-17H2,(H,25,28). The first kappa shape index (κ1) is 21.7. The number of ether oxygens (including phenoxy) is 3. The summed E-state index contributed by atoms with van der Waals surface area (Å²) in [5.41, 5.74) is 1.56. The molecule has 0 bridgehead atoms. The van der Waals surface area contributed by atoms with Crippen molar-refractivity contribution in [1.82, 2.24) is 10.2 Å². The van der Waals surface area contributed by atoms with Crippen molar-refractivity contribution in [2.24, 2.45) is 0 Å². The SMILES string of the molecule is C=CCOc1ccccc1CN(C(=O)CN1CCNC(=O)C1)c1ccc2c(c1)OCCO2. The zero-order valence-electron chi connectivity index (χ0n) is 17.9. The van der Waals surface area contributed by atoms with Crippen molar-refractivity contribution in [3.8, 4) is 17.2 Å². The van der Waals surface area contributed by atoms with E-state index in [9.17, 15) is 9.59 Å². The lowest BCUT2D eigenvalue weighted by molar-refractivity contribution is -0.126. The summed E-state index contributed by atoms with van der Waals surface area (Å²) in [6.45, 7) is 6.86. The topological polar surface area (TPSA) is 80.3 Å². The van der Waals surface area contributed by atoms with Crippen LogP contribution in [0.3, 0.4) is 0 Å². The molecule has 8 heteroatoms. The molecule has 8 nitrogen and oxygen atoms in total. The lowest BCUT2D eigenvalue weighted by atomic mass is 10.1. The third-order valence-corrected chi connectivity index (χ3v) is 5.27. The molecule has 0 aliphatic carbocycles. The van der Waals surface area contributed by atoms with Gasteiger partial charge in [0.05, 0.1) is 19.6 Å². The van der Waals surface area contributed by atoms with Gasteiger partial charge in [-0.2, -0.15) is 0 Å². The van der Waals surface area contributed by atoms with Crippen molar-refractivity contribution in [3.05, 3.63) is 60.7 Å². The van der Waals surface area contributed by atoms with Crippen molar-refractivity contribution in [2.45, 2.75) is 6.54 Å². The number of piperazine rings is 1. The van der Waals surface area contributed by atoms with Crippen LogP contribution in [0.25, 0.3) is 0 Å². The van der Waals surface area contributed by atoms with Crippen LogP contribution in [0.15, 0.2) is 55.1 Å². The minimum atomic E-state index is -0.116. The number of carbonyl (C=O) groups is 2. The Balaban J connectivity index is 1.61. The van der Waals surface area contributed by atoms with E-state index in [1.54, 1.807) is 11.0 Å². The van der Waals surface area contributed by atoms with E-state index in [4.69, 9.17) is 14.2 Å². The first-order valence-electron chi connectivity index (χ1n) is 10.6. The Kier molecular flexibility index (Phi) is 6.91. The molecule has 0 saturated carbocycles. The number of hydrogen-bond donors (Lipinski definition) is 1. The molecule has 2 heterocycles. The number of para-hydroxylation sites is 1. The van der Waals surface area contributed by atoms with Gasteiger partial charge in [-0.15, -0.1) is 0 Å². The summed E-state index contributed by atoms with van der Waals surface area (Å²) in [7, 11) is 0. The number of nitrogens with zero attached hydrogens (tertiary/aromatic N) is 2. The fraction of sp³-hybridized carbons (Fsp3) is 0.333. The molecular weight excluding hydrogens is 410 g/mol. The summed E-state index contributed by atoms with van der Waals surface area (Å²) in [5, 5.41) is 2.79. The van der Waals surface area contributed by atoms with Crippen molar-refractivity contribution >= 4 is 17.5 Å². The van der Waals surface area contributed by atoms with Crippen molar-refractivity contribution in [3.63, 3.8) is 0 Å². The van der Waals surface area contributed by atoms with Gasteiger partial charge < -0.3 is 24.4 Å². The van der Waals surface area contributed by atoms with Crippen LogP contribution in [0.4, 0.5) is 5.69 Å². The molecule has 0 spiro atoms. The highest BCUT2D eigenvalue weighted by molar-refractivity contribution is 5.95. The zero-order valence-corrected chi connectivity index (χ0v) is 17.9. The van der Waals surface area contributed by atoms with Gasteiger partial charge in [0.25, 0.3) is 0 Å². The molecule has 2 aliphatic rings. The van der Waals surface area contributed by atoms with Crippen molar-refractivity contribution < 1.29 is 23.8 Å². The Hall–Kier alpha value is -3.52. The van der Waals surface area contributed by atoms with Crippen LogP contribution in [0.2, 0.25) is 0 Å². The predicted molar refractivity (Wildman–Crippen MR) is 120 cm³/mol. The van der Waals surface area contributed by atoms with Gasteiger partial charge in [0.15, 0.2) is 11.5 Å². The second kappa shape index (κ2) is 10.2. The fourth-order valence-electron chi connectivity index (χ4n) is 3.72. The Labute approximate surface area is 187 Å². The first-order valence-corrected chi connectivity index (χ1v) is 10.6. The minimum Gasteiger partial charge on any atom is -0.489 e. The third kappa shape index (κ3) is 5.20. The van der Waals surface area contributed by atoms with Crippen LogP contribution >= 0.6 is 0 Å². The number of benzene rings is 2. The lowest BCUT2D eigenvalue weighted by Crippen LogP contribution is -2.51. The number of nitrogens with one attached hydrogen (secondary N) is 1. The molecule has 0 aromatic heterocycles. The molecule has 1 N–H and O–H groups in total. The summed E-state index contributed by atoms with van der Waals surface area (Å²) in [6, 6.07) is 13.1. The van der Waals surface area contributed by atoms with Gasteiger partial charge >= 0.3 is 0 Å². The minimum absolute atomic E-state index is 0.0712.